The van der Waals surface area contributed by atoms with Crippen LogP contribution >= 0.6 is 24.0 Å². The maximum atomic E-state index is 12.8. The SMILES string of the molecule is CS(=O)(=O)c1ccc(C(=O)N2CCNCC2c2cccc(Cl)c2)o1.Cl. The maximum absolute atomic E-state index is 12.8. The third kappa shape index (κ3) is 4.36. The molecule has 0 radical (unpaired) electrons. The Morgan fingerprint density at radius 2 is 2.08 bits per heavy atom. The van der Waals surface area contributed by atoms with E-state index in [2.05, 4.69) is 5.32 Å². The lowest BCUT2D eigenvalue weighted by Gasteiger charge is -2.36. The van der Waals surface area contributed by atoms with Crippen molar-refractivity contribution in [3.05, 3.63) is 52.7 Å². The highest BCUT2D eigenvalue weighted by atomic mass is 35.5. The van der Waals surface area contributed by atoms with Gasteiger partial charge in [0.05, 0.1) is 6.04 Å². The molecule has 0 saturated carbocycles. The molecule has 2 heterocycles. The van der Waals surface area contributed by atoms with E-state index in [1.165, 1.54) is 12.1 Å². The molecule has 0 spiro atoms. The molecule has 9 heteroatoms. The van der Waals surface area contributed by atoms with Gasteiger partial charge in [0.25, 0.3) is 5.91 Å². The zero-order valence-electron chi connectivity index (χ0n) is 13.4. The van der Waals surface area contributed by atoms with Gasteiger partial charge in [0.15, 0.2) is 5.76 Å². The van der Waals surface area contributed by atoms with Crippen LogP contribution in [0.4, 0.5) is 0 Å². The zero-order chi connectivity index (χ0) is 17.3. The van der Waals surface area contributed by atoms with Crippen molar-refractivity contribution in [2.24, 2.45) is 0 Å². The van der Waals surface area contributed by atoms with Crippen LogP contribution in [0.15, 0.2) is 45.9 Å². The topological polar surface area (TPSA) is 79.6 Å². The second-order valence-corrected chi connectivity index (χ2v) is 8.05. The van der Waals surface area contributed by atoms with E-state index >= 15 is 0 Å². The minimum atomic E-state index is -3.48. The number of nitrogens with zero attached hydrogens (tertiary/aromatic N) is 1. The van der Waals surface area contributed by atoms with Crippen molar-refractivity contribution < 1.29 is 17.6 Å². The number of benzene rings is 1. The van der Waals surface area contributed by atoms with Crippen LogP contribution in [0, 0.1) is 0 Å². The fourth-order valence-corrected chi connectivity index (χ4v) is 3.49. The van der Waals surface area contributed by atoms with E-state index in [1.807, 2.05) is 18.2 Å². The summed E-state index contributed by atoms with van der Waals surface area (Å²) in [5.74, 6) is -0.319. The van der Waals surface area contributed by atoms with Crippen LogP contribution in [-0.2, 0) is 9.84 Å². The standard InChI is InChI=1S/C16H17ClN2O4S.ClH/c1-24(21,22)15-6-5-14(23-15)16(20)19-8-7-18-10-13(19)11-3-2-4-12(17)9-11;/h2-6,9,13,18H,7-8,10H2,1H3;1H. The van der Waals surface area contributed by atoms with Gasteiger partial charge in [-0.1, -0.05) is 23.7 Å². The molecule has 1 aromatic heterocycles. The number of nitrogens with one attached hydrogen (secondary N) is 1. The molecule has 0 aliphatic carbocycles. The molecule has 1 aromatic carbocycles. The van der Waals surface area contributed by atoms with Crippen molar-refractivity contribution >= 4 is 39.8 Å². The van der Waals surface area contributed by atoms with Crippen LogP contribution in [0.1, 0.15) is 22.2 Å². The highest BCUT2D eigenvalue weighted by Gasteiger charge is 2.31. The fourth-order valence-electron chi connectivity index (χ4n) is 2.73. The normalized spacial score (nSPS) is 17.8. The largest absolute Gasteiger partial charge is 0.440 e. The summed E-state index contributed by atoms with van der Waals surface area (Å²) < 4.78 is 28.3. The molecule has 1 N–H and O–H groups in total. The average molecular weight is 405 g/mol. The van der Waals surface area contributed by atoms with Crippen LogP contribution in [-0.4, -0.2) is 45.1 Å². The van der Waals surface area contributed by atoms with E-state index in [4.69, 9.17) is 16.0 Å². The minimum Gasteiger partial charge on any atom is -0.440 e. The molecule has 1 aliphatic heterocycles. The molecular formula is C16H18Cl2N2O4S. The molecule has 25 heavy (non-hydrogen) atoms. The van der Waals surface area contributed by atoms with Crippen LogP contribution in [0.25, 0.3) is 0 Å². The maximum Gasteiger partial charge on any atom is 0.290 e. The smallest absolute Gasteiger partial charge is 0.290 e. The van der Waals surface area contributed by atoms with Crippen molar-refractivity contribution in [3.63, 3.8) is 0 Å². The number of amides is 1. The first-order valence-corrected chi connectivity index (χ1v) is 9.70. The Bertz CT molecular complexity index is 867. The monoisotopic (exact) mass is 404 g/mol. The van der Waals surface area contributed by atoms with Gasteiger partial charge in [-0.05, 0) is 29.8 Å². The summed E-state index contributed by atoms with van der Waals surface area (Å²) in [6.07, 6.45) is 1.04. The average Bonchev–Trinajstić information content (AvgIpc) is 3.04. The number of hydrogen-bond donors (Lipinski definition) is 1. The summed E-state index contributed by atoms with van der Waals surface area (Å²) in [7, 11) is -3.48. The van der Waals surface area contributed by atoms with Gasteiger partial charge in [0.2, 0.25) is 14.9 Å². The third-order valence-electron chi connectivity index (χ3n) is 3.90. The lowest BCUT2D eigenvalue weighted by atomic mass is 10.0. The molecule has 1 aliphatic rings. The number of piperazine rings is 1. The van der Waals surface area contributed by atoms with Crippen LogP contribution in [0.2, 0.25) is 5.02 Å². The van der Waals surface area contributed by atoms with E-state index in [9.17, 15) is 13.2 Å². The number of halogens is 2. The van der Waals surface area contributed by atoms with Crippen molar-refractivity contribution in [2.45, 2.75) is 11.1 Å². The quantitative estimate of drug-likeness (QED) is 0.849. The number of hydrogen-bond acceptors (Lipinski definition) is 5. The molecule has 0 bridgehead atoms. The minimum absolute atomic E-state index is 0. The molecule has 136 valence electrons. The molecular weight excluding hydrogens is 387 g/mol. The van der Waals surface area contributed by atoms with Crippen LogP contribution in [0.3, 0.4) is 0 Å². The first-order valence-electron chi connectivity index (χ1n) is 7.43. The summed E-state index contributed by atoms with van der Waals surface area (Å²) in [6.45, 7) is 1.74. The molecule has 2 aromatic rings. The fraction of sp³-hybridized carbons (Fsp3) is 0.312. The Labute approximate surface area is 157 Å². The Hall–Kier alpha value is -1.54. The number of rotatable bonds is 3. The summed E-state index contributed by atoms with van der Waals surface area (Å²) in [5.41, 5.74) is 0.915. The first kappa shape index (κ1) is 19.8. The molecule has 1 amide bonds. The van der Waals surface area contributed by atoms with Gasteiger partial charge in [-0.2, -0.15) is 0 Å². The highest BCUT2D eigenvalue weighted by Crippen LogP contribution is 2.27. The van der Waals surface area contributed by atoms with Crippen molar-refractivity contribution in [2.75, 3.05) is 25.9 Å². The lowest BCUT2D eigenvalue weighted by molar-refractivity contribution is 0.0596. The highest BCUT2D eigenvalue weighted by molar-refractivity contribution is 7.90. The summed E-state index contributed by atoms with van der Waals surface area (Å²) in [4.78, 5) is 14.5. The van der Waals surface area contributed by atoms with E-state index < -0.39 is 9.84 Å². The number of sulfone groups is 1. The van der Waals surface area contributed by atoms with Crippen molar-refractivity contribution in [3.8, 4) is 0 Å². The van der Waals surface area contributed by atoms with Gasteiger partial charge in [-0.25, -0.2) is 8.42 Å². The Balaban J connectivity index is 0.00000225. The third-order valence-corrected chi connectivity index (χ3v) is 5.08. The van der Waals surface area contributed by atoms with E-state index in [0.29, 0.717) is 24.7 Å². The number of carbonyl (C=O) groups excluding carboxylic acids is 1. The lowest BCUT2D eigenvalue weighted by Crippen LogP contribution is -2.48. The summed E-state index contributed by atoms with van der Waals surface area (Å²) in [6, 6.07) is 9.85. The predicted octanol–water partition coefficient (Wildman–Crippen LogP) is 2.55. The van der Waals surface area contributed by atoms with Crippen LogP contribution < -0.4 is 5.32 Å². The molecule has 1 saturated heterocycles. The van der Waals surface area contributed by atoms with Gasteiger partial charge in [-0.15, -0.1) is 12.4 Å². The zero-order valence-corrected chi connectivity index (χ0v) is 15.8. The van der Waals surface area contributed by atoms with Crippen molar-refractivity contribution in [1.29, 1.82) is 0 Å². The second-order valence-electron chi connectivity index (χ2n) is 5.66. The van der Waals surface area contributed by atoms with Gasteiger partial charge in [0, 0.05) is 30.9 Å². The molecule has 1 unspecified atom stereocenters. The van der Waals surface area contributed by atoms with E-state index in [-0.39, 0.29) is 35.2 Å². The Morgan fingerprint density at radius 3 is 2.72 bits per heavy atom. The predicted molar refractivity (Wildman–Crippen MR) is 97.2 cm³/mol. The van der Waals surface area contributed by atoms with E-state index in [0.717, 1.165) is 11.8 Å². The second kappa shape index (κ2) is 7.78. The van der Waals surface area contributed by atoms with Crippen LogP contribution in [0.5, 0.6) is 0 Å². The van der Waals surface area contributed by atoms with Crippen molar-refractivity contribution in [1.82, 2.24) is 10.2 Å². The van der Waals surface area contributed by atoms with Gasteiger partial charge < -0.3 is 14.6 Å². The molecule has 6 nitrogen and oxygen atoms in total. The summed E-state index contributed by atoms with van der Waals surface area (Å²) >= 11 is 6.05. The molecule has 1 atom stereocenters. The summed E-state index contributed by atoms with van der Waals surface area (Å²) in [5, 5.41) is 3.65. The number of carbonyl (C=O) groups is 1. The Morgan fingerprint density at radius 1 is 1.32 bits per heavy atom. The molecule has 3 rings (SSSR count). The molecule has 1 fully saturated rings. The first-order chi connectivity index (χ1) is 11.4. The van der Waals surface area contributed by atoms with Gasteiger partial charge >= 0.3 is 0 Å². The van der Waals surface area contributed by atoms with E-state index in [1.54, 1.807) is 11.0 Å². The Kier molecular flexibility index (Phi) is 6.16. The van der Waals surface area contributed by atoms with Gasteiger partial charge in [-0.3, -0.25) is 4.79 Å². The number of furan rings is 1. The van der Waals surface area contributed by atoms with Gasteiger partial charge in [0.1, 0.15) is 0 Å².